The van der Waals surface area contributed by atoms with Gasteiger partial charge < -0.3 is 4.74 Å². The Kier molecular flexibility index (Phi) is 4.42. The third kappa shape index (κ3) is 3.03. The number of carbonyl (C=O) groups excluding carboxylic acids is 2. The fourth-order valence-electron chi connectivity index (χ4n) is 1.06. The standard InChI is InChI=1S/C10H9BrFNO3/c1-16-10(15)13-6-2-3-7(8(12)4-6)9(14)5-11/h2-4H,5H2,1H3,(H,13,15). The Morgan fingerprint density at radius 1 is 1.50 bits per heavy atom. The minimum Gasteiger partial charge on any atom is -0.453 e. The molecule has 0 saturated carbocycles. The van der Waals surface area contributed by atoms with Gasteiger partial charge in [-0.3, -0.25) is 10.1 Å². The van der Waals surface area contributed by atoms with Gasteiger partial charge in [-0.1, -0.05) is 15.9 Å². The molecule has 4 nitrogen and oxygen atoms in total. The van der Waals surface area contributed by atoms with Crippen LogP contribution >= 0.6 is 15.9 Å². The van der Waals surface area contributed by atoms with Gasteiger partial charge in [0.25, 0.3) is 0 Å². The first kappa shape index (κ1) is 12.6. The fraction of sp³-hybridized carbons (Fsp3) is 0.200. The van der Waals surface area contributed by atoms with E-state index in [1.165, 1.54) is 19.2 Å². The second-order valence-corrected chi connectivity index (χ2v) is 3.43. The highest BCUT2D eigenvalue weighted by atomic mass is 79.9. The molecule has 0 radical (unpaired) electrons. The number of hydrogen-bond donors (Lipinski definition) is 1. The number of methoxy groups -OCH3 is 1. The number of ether oxygens (including phenoxy) is 1. The second-order valence-electron chi connectivity index (χ2n) is 2.87. The van der Waals surface area contributed by atoms with Crippen LogP contribution in [0.15, 0.2) is 18.2 Å². The number of Topliss-reactive ketones (excluding diaryl/α,β-unsaturated/α-hetero) is 1. The van der Waals surface area contributed by atoms with Crippen LogP contribution in [0.2, 0.25) is 0 Å². The Morgan fingerprint density at radius 3 is 2.69 bits per heavy atom. The van der Waals surface area contributed by atoms with Crippen LogP contribution in [0.1, 0.15) is 10.4 Å². The number of amides is 1. The molecule has 0 spiro atoms. The van der Waals surface area contributed by atoms with Gasteiger partial charge in [0, 0.05) is 5.69 Å². The first-order valence-electron chi connectivity index (χ1n) is 4.32. The van der Waals surface area contributed by atoms with Crippen molar-refractivity contribution in [3.63, 3.8) is 0 Å². The topological polar surface area (TPSA) is 55.4 Å². The number of benzene rings is 1. The molecule has 0 bridgehead atoms. The van der Waals surface area contributed by atoms with Crippen molar-refractivity contribution >= 4 is 33.5 Å². The van der Waals surface area contributed by atoms with E-state index >= 15 is 0 Å². The van der Waals surface area contributed by atoms with E-state index in [0.717, 1.165) is 6.07 Å². The van der Waals surface area contributed by atoms with Gasteiger partial charge in [-0.05, 0) is 18.2 Å². The lowest BCUT2D eigenvalue weighted by molar-refractivity contribution is 0.102. The van der Waals surface area contributed by atoms with Gasteiger partial charge in [0.15, 0.2) is 5.78 Å². The summed E-state index contributed by atoms with van der Waals surface area (Å²) in [5, 5.41) is 2.34. The molecule has 16 heavy (non-hydrogen) atoms. The van der Waals surface area contributed by atoms with E-state index in [-0.39, 0.29) is 22.4 Å². The van der Waals surface area contributed by atoms with Crippen LogP contribution in [0.5, 0.6) is 0 Å². The molecule has 0 atom stereocenters. The molecule has 0 aliphatic rings. The smallest absolute Gasteiger partial charge is 0.411 e. The van der Waals surface area contributed by atoms with Gasteiger partial charge in [-0.15, -0.1) is 0 Å². The third-order valence-electron chi connectivity index (χ3n) is 1.82. The quantitative estimate of drug-likeness (QED) is 0.687. The van der Waals surface area contributed by atoms with Crippen molar-refractivity contribution in [1.29, 1.82) is 0 Å². The number of ketones is 1. The lowest BCUT2D eigenvalue weighted by Gasteiger charge is -2.05. The summed E-state index contributed by atoms with van der Waals surface area (Å²) in [5.74, 6) is -1.04. The maximum Gasteiger partial charge on any atom is 0.411 e. The molecule has 0 unspecified atom stereocenters. The van der Waals surface area contributed by atoms with E-state index in [1.807, 2.05) is 0 Å². The fourth-order valence-corrected chi connectivity index (χ4v) is 1.36. The number of anilines is 1. The summed E-state index contributed by atoms with van der Waals surface area (Å²) >= 11 is 2.95. The first-order chi connectivity index (χ1) is 7.58. The lowest BCUT2D eigenvalue weighted by Crippen LogP contribution is -2.12. The molecule has 0 aliphatic heterocycles. The molecule has 0 heterocycles. The number of alkyl halides is 1. The van der Waals surface area contributed by atoms with E-state index < -0.39 is 11.9 Å². The second kappa shape index (κ2) is 5.60. The summed E-state index contributed by atoms with van der Waals surface area (Å²) in [5.41, 5.74) is 0.211. The Morgan fingerprint density at radius 2 is 2.19 bits per heavy atom. The first-order valence-corrected chi connectivity index (χ1v) is 5.44. The van der Waals surface area contributed by atoms with Gasteiger partial charge >= 0.3 is 6.09 Å². The van der Waals surface area contributed by atoms with Crippen LogP contribution in [0.3, 0.4) is 0 Å². The van der Waals surface area contributed by atoms with Gasteiger partial charge in [0.05, 0.1) is 18.0 Å². The SMILES string of the molecule is COC(=O)Nc1ccc(C(=O)CBr)c(F)c1. The molecule has 86 valence electrons. The monoisotopic (exact) mass is 289 g/mol. The van der Waals surface area contributed by atoms with E-state index in [0.29, 0.717) is 0 Å². The minimum atomic E-state index is -0.695. The van der Waals surface area contributed by atoms with Gasteiger partial charge in [0.2, 0.25) is 0 Å². The predicted molar refractivity (Wildman–Crippen MR) is 60.6 cm³/mol. The maximum absolute atomic E-state index is 13.4. The molecular formula is C10H9BrFNO3. The van der Waals surface area contributed by atoms with Crippen molar-refractivity contribution in [3.05, 3.63) is 29.6 Å². The Hall–Kier alpha value is -1.43. The van der Waals surface area contributed by atoms with E-state index in [1.54, 1.807) is 0 Å². The largest absolute Gasteiger partial charge is 0.453 e. The summed E-state index contributed by atoms with van der Waals surface area (Å²) in [6, 6.07) is 3.80. The molecule has 0 saturated heterocycles. The predicted octanol–water partition coefficient (Wildman–Crippen LogP) is 2.58. The van der Waals surface area contributed by atoms with Crippen molar-refractivity contribution in [1.82, 2.24) is 0 Å². The summed E-state index contributed by atoms with van der Waals surface area (Å²) in [6.07, 6.45) is -0.695. The normalized spacial score (nSPS) is 9.69. The van der Waals surface area contributed by atoms with Crippen molar-refractivity contribution < 1.29 is 18.7 Å². The minimum absolute atomic E-state index is 0.0210. The van der Waals surface area contributed by atoms with Crippen LogP contribution in [0.4, 0.5) is 14.9 Å². The van der Waals surface area contributed by atoms with Crippen LogP contribution in [-0.2, 0) is 4.74 Å². The highest BCUT2D eigenvalue weighted by Crippen LogP contribution is 2.15. The lowest BCUT2D eigenvalue weighted by atomic mass is 10.1. The molecule has 0 aromatic heterocycles. The molecule has 1 aromatic carbocycles. The van der Waals surface area contributed by atoms with Crippen molar-refractivity contribution in [2.45, 2.75) is 0 Å². The number of nitrogens with one attached hydrogen (secondary N) is 1. The number of rotatable bonds is 3. The van der Waals surface area contributed by atoms with Gasteiger partial charge in [-0.25, -0.2) is 9.18 Å². The van der Waals surface area contributed by atoms with Crippen LogP contribution in [0, 0.1) is 5.82 Å². The number of halogens is 2. The molecule has 1 rings (SSSR count). The van der Waals surface area contributed by atoms with Crippen LogP contribution in [-0.4, -0.2) is 24.3 Å². The molecular weight excluding hydrogens is 281 g/mol. The van der Waals surface area contributed by atoms with Crippen molar-refractivity contribution in [3.8, 4) is 0 Å². The summed E-state index contributed by atoms with van der Waals surface area (Å²) < 4.78 is 17.8. The third-order valence-corrected chi connectivity index (χ3v) is 2.33. The molecule has 6 heteroatoms. The van der Waals surface area contributed by atoms with Gasteiger partial charge in [-0.2, -0.15) is 0 Å². The average Bonchev–Trinajstić information content (AvgIpc) is 2.28. The maximum atomic E-state index is 13.4. The zero-order valence-corrected chi connectivity index (χ0v) is 10.0. The summed E-state index contributed by atoms with van der Waals surface area (Å²) in [4.78, 5) is 22.1. The Labute approximate surface area is 99.9 Å². The molecule has 0 fully saturated rings. The van der Waals surface area contributed by atoms with Crippen molar-refractivity contribution in [2.24, 2.45) is 0 Å². The molecule has 1 aromatic rings. The Balaban J connectivity index is 2.91. The highest BCUT2D eigenvalue weighted by molar-refractivity contribution is 9.09. The molecule has 1 N–H and O–H groups in total. The van der Waals surface area contributed by atoms with E-state index in [4.69, 9.17) is 0 Å². The van der Waals surface area contributed by atoms with E-state index in [2.05, 4.69) is 26.0 Å². The number of hydrogen-bond acceptors (Lipinski definition) is 3. The van der Waals surface area contributed by atoms with Crippen LogP contribution < -0.4 is 5.32 Å². The highest BCUT2D eigenvalue weighted by Gasteiger charge is 2.11. The summed E-state index contributed by atoms with van der Waals surface area (Å²) in [6.45, 7) is 0. The van der Waals surface area contributed by atoms with Crippen LogP contribution in [0.25, 0.3) is 0 Å². The average molecular weight is 290 g/mol. The molecule has 1 amide bonds. The van der Waals surface area contributed by atoms with E-state index in [9.17, 15) is 14.0 Å². The Bertz CT molecular complexity index is 423. The molecule has 0 aliphatic carbocycles. The van der Waals surface area contributed by atoms with Crippen molar-refractivity contribution in [2.75, 3.05) is 17.8 Å². The summed E-state index contributed by atoms with van der Waals surface area (Å²) in [7, 11) is 1.20. The zero-order chi connectivity index (χ0) is 12.1. The van der Waals surface area contributed by atoms with Gasteiger partial charge in [0.1, 0.15) is 5.82 Å². The number of carbonyl (C=O) groups is 2. The zero-order valence-electron chi connectivity index (χ0n) is 8.42.